The van der Waals surface area contributed by atoms with E-state index in [-0.39, 0.29) is 0 Å². The maximum Gasteiger partial charge on any atom is 0.153 e. The van der Waals surface area contributed by atoms with Crippen LogP contribution in [0.15, 0.2) is 42.7 Å². The van der Waals surface area contributed by atoms with Crippen molar-refractivity contribution in [3.8, 4) is 11.4 Å². The Kier molecular flexibility index (Phi) is 2.74. The van der Waals surface area contributed by atoms with E-state index < -0.39 is 0 Å². The van der Waals surface area contributed by atoms with E-state index in [1.165, 1.54) is 0 Å². The van der Waals surface area contributed by atoms with Gasteiger partial charge in [0.05, 0.1) is 17.6 Å². The fraction of sp³-hybridized carbons (Fsp3) is 0.154. The third kappa shape index (κ3) is 1.96. The third-order valence-electron chi connectivity index (χ3n) is 2.70. The number of nitrogens with two attached hydrogens (primary N) is 1. The van der Waals surface area contributed by atoms with E-state index in [0.29, 0.717) is 6.54 Å². The Labute approximate surface area is 104 Å². The molecule has 0 aliphatic rings. The summed E-state index contributed by atoms with van der Waals surface area (Å²) in [5, 5.41) is 4.50. The molecule has 0 saturated heterocycles. The highest BCUT2D eigenvalue weighted by molar-refractivity contribution is 5.55. The fourth-order valence-electron chi connectivity index (χ4n) is 1.85. The number of imidazole rings is 1. The van der Waals surface area contributed by atoms with Crippen LogP contribution in [-0.2, 0) is 6.42 Å². The van der Waals surface area contributed by atoms with Gasteiger partial charge in [-0.2, -0.15) is 5.10 Å². The molecule has 5 heteroatoms. The average molecular weight is 239 g/mol. The molecule has 0 bridgehead atoms. The van der Waals surface area contributed by atoms with Gasteiger partial charge in [-0.15, -0.1) is 0 Å². The Morgan fingerprint density at radius 2 is 2.06 bits per heavy atom. The van der Waals surface area contributed by atoms with Gasteiger partial charge in [-0.1, -0.05) is 6.07 Å². The van der Waals surface area contributed by atoms with Gasteiger partial charge in [0.1, 0.15) is 5.69 Å². The Hall–Kier alpha value is -2.27. The molecule has 0 atom stereocenters. The molecule has 2 N–H and O–H groups in total. The zero-order valence-electron chi connectivity index (χ0n) is 9.82. The number of hydrogen-bond acceptors (Lipinski definition) is 4. The van der Waals surface area contributed by atoms with E-state index >= 15 is 0 Å². The Morgan fingerprint density at radius 3 is 2.83 bits per heavy atom. The van der Waals surface area contributed by atoms with Gasteiger partial charge >= 0.3 is 0 Å². The molecule has 3 aromatic heterocycles. The lowest BCUT2D eigenvalue weighted by Crippen LogP contribution is -2.02. The van der Waals surface area contributed by atoms with Crippen LogP contribution in [0, 0.1) is 0 Å². The van der Waals surface area contributed by atoms with Gasteiger partial charge in [-0.3, -0.25) is 4.98 Å². The molecule has 0 unspecified atom stereocenters. The first-order chi connectivity index (χ1) is 8.86. The summed E-state index contributed by atoms with van der Waals surface area (Å²) < 4.78 is 1.77. The van der Waals surface area contributed by atoms with E-state index in [2.05, 4.69) is 15.1 Å². The standard InChI is InChI=1S/C13H13N5/c14-7-6-10-9-18-13(16-10)5-4-12(17-18)11-3-1-2-8-15-11/h1-5,8-9H,6-7,14H2. The van der Waals surface area contributed by atoms with E-state index in [0.717, 1.165) is 29.1 Å². The van der Waals surface area contributed by atoms with Crippen molar-refractivity contribution in [1.29, 1.82) is 0 Å². The fourth-order valence-corrected chi connectivity index (χ4v) is 1.85. The van der Waals surface area contributed by atoms with Gasteiger partial charge in [-0.05, 0) is 30.8 Å². The molecule has 5 nitrogen and oxygen atoms in total. The lowest BCUT2D eigenvalue weighted by Gasteiger charge is -1.99. The zero-order chi connectivity index (χ0) is 12.4. The van der Waals surface area contributed by atoms with Crippen molar-refractivity contribution in [1.82, 2.24) is 19.6 Å². The molecule has 0 amide bonds. The number of pyridine rings is 1. The van der Waals surface area contributed by atoms with Crippen molar-refractivity contribution in [2.75, 3.05) is 6.54 Å². The summed E-state index contributed by atoms with van der Waals surface area (Å²) in [4.78, 5) is 8.72. The SMILES string of the molecule is NCCc1cn2nc(-c3ccccn3)ccc2n1. The maximum atomic E-state index is 5.52. The van der Waals surface area contributed by atoms with Gasteiger partial charge < -0.3 is 5.73 Å². The first-order valence-corrected chi connectivity index (χ1v) is 5.83. The molecule has 3 rings (SSSR count). The Balaban J connectivity index is 2.05. The number of fused-ring (bicyclic) bond motifs is 1. The average Bonchev–Trinajstić information content (AvgIpc) is 2.81. The van der Waals surface area contributed by atoms with Crippen LogP contribution in [0.2, 0.25) is 0 Å². The molecule has 0 fully saturated rings. The summed E-state index contributed by atoms with van der Waals surface area (Å²) in [6.45, 7) is 0.594. The van der Waals surface area contributed by atoms with Crippen LogP contribution < -0.4 is 5.73 Å². The van der Waals surface area contributed by atoms with Gasteiger partial charge in [0, 0.05) is 12.6 Å². The summed E-state index contributed by atoms with van der Waals surface area (Å²) in [5.74, 6) is 0. The van der Waals surface area contributed by atoms with E-state index in [1.807, 2.05) is 36.5 Å². The Bertz CT molecular complexity index is 659. The lowest BCUT2D eigenvalue weighted by molar-refractivity contribution is 0.915. The highest BCUT2D eigenvalue weighted by Gasteiger charge is 2.05. The van der Waals surface area contributed by atoms with Crippen molar-refractivity contribution >= 4 is 5.65 Å². The zero-order valence-corrected chi connectivity index (χ0v) is 9.82. The van der Waals surface area contributed by atoms with E-state index in [1.54, 1.807) is 10.7 Å². The predicted molar refractivity (Wildman–Crippen MR) is 69.0 cm³/mol. The second-order valence-corrected chi connectivity index (χ2v) is 4.01. The lowest BCUT2D eigenvalue weighted by atomic mass is 10.2. The third-order valence-corrected chi connectivity index (χ3v) is 2.70. The summed E-state index contributed by atoms with van der Waals surface area (Å²) in [6.07, 6.45) is 4.44. The quantitative estimate of drug-likeness (QED) is 0.747. The first kappa shape index (κ1) is 10.9. The van der Waals surface area contributed by atoms with Crippen LogP contribution in [0.3, 0.4) is 0 Å². The Morgan fingerprint density at radius 1 is 1.11 bits per heavy atom. The number of aromatic nitrogens is 4. The summed E-state index contributed by atoms with van der Waals surface area (Å²) in [7, 11) is 0. The molecule has 90 valence electrons. The molecule has 0 aromatic carbocycles. The largest absolute Gasteiger partial charge is 0.330 e. The highest BCUT2D eigenvalue weighted by atomic mass is 15.2. The van der Waals surface area contributed by atoms with Crippen molar-refractivity contribution in [2.24, 2.45) is 5.73 Å². The molecule has 0 aliphatic carbocycles. The maximum absolute atomic E-state index is 5.52. The van der Waals surface area contributed by atoms with Crippen LogP contribution in [-0.4, -0.2) is 26.1 Å². The molecule has 3 aromatic rings. The normalized spacial score (nSPS) is 10.9. The molecule has 0 saturated carbocycles. The van der Waals surface area contributed by atoms with Crippen LogP contribution >= 0.6 is 0 Å². The predicted octanol–water partition coefficient (Wildman–Crippen LogP) is 1.29. The van der Waals surface area contributed by atoms with E-state index in [9.17, 15) is 0 Å². The highest BCUT2D eigenvalue weighted by Crippen LogP contribution is 2.14. The van der Waals surface area contributed by atoms with Crippen molar-refractivity contribution in [3.05, 3.63) is 48.4 Å². The molecule has 0 radical (unpaired) electrons. The van der Waals surface area contributed by atoms with Crippen LogP contribution in [0.5, 0.6) is 0 Å². The molecule has 0 spiro atoms. The number of nitrogens with zero attached hydrogens (tertiary/aromatic N) is 4. The molecule has 18 heavy (non-hydrogen) atoms. The minimum absolute atomic E-state index is 0.594. The van der Waals surface area contributed by atoms with Crippen molar-refractivity contribution in [2.45, 2.75) is 6.42 Å². The van der Waals surface area contributed by atoms with Crippen molar-refractivity contribution < 1.29 is 0 Å². The molecule has 0 aliphatic heterocycles. The second-order valence-electron chi connectivity index (χ2n) is 4.01. The number of rotatable bonds is 3. The van der Waals surface area contributed by atoms with Crippen LogP contribution in [0.1, 0.15) is 5.69 Å². The first-order valence-electron chi connectivity index (χ1n) is 5.83. The molecular formula is C13H13N5. The summed E-state index contributed by atoms with van der Waals surface area (Å²) in [6, 6.07) is 9.64. The second kappa shape index (κ2) is 4.54. The van der Waals surface area contributed by atoms with Gasteiger partial charge in [0.25, 0.3) is 0 Å². The van der Waals surface area contributed by atoms with Gasteiger partial charge in [0.15, 0.2) is 5.65 Å². The van der Waals surface area contributed by atoms with Crippen LogP contribution in [0.4, 0.5) is 0 Å². The van der Waals surface area contributed by atoms with Gasteiger partial charge in [-0.25, -0.2) is 9.50 Å². The number of hydrogen-bond donors (Lipinski definition) is 1. The van der Waals surface area contributed by atoms with Gasteiger partial charge in [0.2, 0.25) is 0 Å². The van der Waals surface area contributed by atoms with E-state index in [4.69, 9.17) is 5.73 Å². The topological polar surface area (TPSA) is 69.1 Å². The summed E-state index contributed by atoms with van der Waals surface area (Å²) >= 11 is 0. The van der Waals surface area contributed by atoms with Crippen LogP contribution in [0.25, 0.3) is 17.0 Å². The smallest absolute Gasteiger partial charge is 0.153 e. The minimum Gasteiger partial charge on any atom is -0.330 e. The molecule has 3 heterocycles. The summed E-state index contributed by atoms with van der Waals surface area (Å²) in [5.41, 5.74) is 9.00. The minimum atomic E-state index is 0.594. The monoisotopic (exact) mass is 239 g/mol. The van der Waals surface area contributed by atoms with Crippen molar-refractivity contribution in [3.63, 3.8) is 0 Å². The molecular weight excluding hydrogens is 226 g/mol.